The molecule has 2 aromatic heterocycles. The summed E-state index contributed by atoms with van der Waals surface area (Å²) in [5, 5.41) is 4.34. The van der Waals surface area contributed by atoms with Crippen molar-refractivity contribution in [3.63, 3.8) is 0 Å². The van der Waals surface area contributed by atoms with Gasteiger partial charge in [-0.25, -0.2) is 4.68 Å². The van der Waals surface area contributed by atoms with Gasteiger partial charge < -0.3 is 4.90 Å². The molecular formula is C20H18N4O. The number of fused-ring (bicyclic) bond motifs is 1. The zero-order valence-corrected chi connectivity index (χ0v) is 13.7. The van der Waals surface area contributed by atoms with E-state index in [1.807, 2.05) is 48.7 Å². The van der Waals surface area contributed by atoms with Crippen molar-refractivity contribution in [2.75, 3.05) is 11.4 Å². The Hall–Kier alpha value is -3.21. The van der Waals surface area contributed by atoms with Gasteiger partial charge in [-0.1, -0.05) is 18.2 Å². The number of rotatable bonds is 3. The Balaban J connectivity index is 1.51. The van der Waals surface area contributed by atoms with Gasteiger partial charge in [0.2, 0.25) is 0 Å². The van der Waals surface area contributed by atoms with Crippen LogP contribution in [0.3, 0.4) is 0 Å². The molecule has 0 N–H and O–H groups in total. The van der Waals surface area contributed by atoms with Crippen LogP contribution in [0.2, 0.25) is 0 Å². The van der Waals surface area contributed by atoms with E-state index in [-0.39, 0.29) is 5.91 Å². The molecule has 3 heterocycles. The molecule has 5 nitrogen and oxygen atoms in total. The van der Waals surface area contributed by atoms with E-state index in [1.54, 1.807) is 34.1 Å². The third-order valence-electron chi connectivity index (χ3n) is 4.26. The first-order valence-corrected chi connectivity index (χ1v) is 8.35. The molecule has 0 radical (unpaired) electrons. The number of hydrogen-bond donors (Lipinski definition) is 0. The van der Waals surface area contributed by atoms with Crippen LogP contribution >= 0.6 is 0 Å². The number of carbonyl (C=O) groups excluding carboxylic acids is 1. The van der Waals surface area contributed by atoms with Gasteiger partial charge in [-0.3, -0.25) is 9.78 Å². The van der Waals surface area contributed by atoms with E-state index in [0.29, 0.717) is 0 Å². The molecule has 3 aromatic rings. The Bertz CT molecular complexity index is 914. The lowest BCUT2D eigenvalue weighted by Crippen LogP contribution is -2.34. The molecule has 0 unspecified atom stereocenters. The minimum Gasteiger partial charge on any atom is -0.307 e. The third kappa shape index (κ3) is 3.21. The lowest BCUT2D eigenvalue weighted by atomic mass is 10.1. The van der Waals surface area contributed by atoms with E-state index in [4.69, 9.17) is 0 Å². The topological polar surface area (TPSA) is 51.0 Å². The number of pyridine rings is 1. The molecule has 0 atom stereocenters. The fourth-order valence-electron chi connectivity index (χ4n) is 3.02. The number of hydrogen-bond acceptors (Lipinski definition) is 3. The van der Waals surface area contributed by atoms with Crippen molar-refractivity contribution >= 4 is 17.7 Å². The molecule has 0 bridgehead atoms. The second kappa shape index (κ2) is 6.73. The Morgan fingerprint density at radius 1 is 1.12 bits per heavy atom. The monoisotopic (exact) mass is 330 g/mol. The van der Waals surface area contributed by atoms with Crippen molar-refractivity contribution in [3.8, 4) is 5.69 Å². The van der Waals surface area contributed by atoms with Crippen molar-refractivity contribution in [2.45, 2.75) is 12.8 Å². The Morgan fingerprint density at radius 2 is 2.00 bits per heavy atom. The first-order chi connectivity index (χ1) is 12.3. The molecule has 1 amide bonds. The van der Waals surface area contributed by atoms with Gasteiger partial charge in [0.15, 0.2) is 0 Å². The van der Waals surface area contributed by atoms with Crippen LogP contribution in [-0.2, 0) is 11.2 Å². The highest BCUT2D eigenvalue weighted by Crippen LogP contribution is 2.25. The highest BCUT2D eigenvalue weighted by Gasteiger charge is 2.21. The van der Waals surface area contributed by atoms with Crippen molar-refractivity contribution in [1.82, 2.24) is 14.8 Å². The maximum absolute atomic E-state index is 12.6. The SMILES string of the molecule is O=C(/C=C/c1cnn(-c2ccccc2)c1)N1CCCc2ncccc21. The smallest absolute Gasteiger partial charge is 0.251 e. The Kier molecular flexibility index (Phi) is 4.12. The minimum atomic E-state index is -0.0265. The molecule has 124 valence electrons. The summed E-state index contributed by atoms with van der Waals surface area (Å²) in [5.41, 5.74) is 3.79. The molecule has 0 aliphatic carbocycles. The van der Waals surface area contributed by atoms with Crippen molar-refractivity contribution < 1.29 is 4.79 Å². The first kappa shape index (κ1) is 15.3. The average molecular weight is 330 g/mol. The van der Waals surface area contributed by atoms with Crippen molar-refractivity contribution in [1.29, 1.82) is 0 Å². The van der Waals surface area contributed by atoms with E-state index in [2.05, 4.69) is 10.1 Å². The fourth-order valence-corrected chi connectivity index (χ4v) is 3.02. The number of carbonyl (C=O) groups is 1. The van der Waals surface area contributed by atoms with E-state index in [0.717, 1.165) is 42.0 Å². The summed E-state index contributed by atoms with van der Waals surface area (Å²) in [6.07, 6.45) is 10.7. The quantitative estimate of drug-likeness (QED) is 0.693. The average Bonchev–Trinajstić information content (AvgIpc) is 3.15. The second-order valence-electron chi connectivity index (χ2n) is 5.95. The van der Waals surface area contributed by atoms with Crippen LogP contribution in [-0.4, -0.2) is 27.2 Å². The first-order valence-electron chi connectivity index (χ1n) is 8.35. The van der Waals surface area contributed by atoms with Gasteiger partial charge >= 0.3 is 0 Å². The molecule has 1 aromatic carbocycles. The summed E-state index contributed by atoms with van der Waals surface area (Å²) >= 11 is 0. The predicted octanol–water partition coefficient (Wildman–Crippen LogP) is 3.26. The van der Waals surface area contributed by atoms with Crippen molar-refractivity contribution in [3.05, 3.63) is 78.4 Å². The van der Waals surface area contributed by atoms with Crippen LogP contribution in [0.1, 0.15) is 17.7 Å². The van der Waals surface area contributed by atoms with Crippen LogP contribution in [0.15, 0.2) is 67.1 Å². The highest BCUT2D eigenvalue weighted by molar-refractivity contribution is 6.04. The molecule has 25 heavy (non-hydrogen) atoms. The minimum absolute atomic E-state index is 0.0265. The summed E-state index contributed by atoms with van der Waals surface area (Å²) < 4.78 is 1.80. The van der Waals surface area contributed by atoms with Crippen LogP contribution in [0.25, 0.3) is 11.8 Å². The summed E-state index contributed by atoms with van der Waals surface area (Å²) in [4.78, 5) is 18.8. The van der Waals surface area contributed by atoms with E-state index in [1.165, 1.54) is 0 Å². The van der Waals surface area contributed by atoms with Gasteiger partial charge in [0.05, 0.1) is 23.3 Å². The number of aromatic nitrogens is 3. The molecule has 1 aliphatic rings. The van der Waals surface area contributed by atoms with Gasteiger partial charge in [-0.05, 0) is 43.2 Å². The van der Waals surface area contributed by atoms with Crippen LogP contribution in [0, 0.1) is 0 Å². The fraction of sp³-hybridized carbons (Fsp3) is 0.150. The van der Waals surface area contributed by atoms with Crippen LogP contribution < -0.4 is 4.90 Å². The Labute approximate surface area is 146 Å². The molecule has 0 saturated carbocycles. The number of benzene rings is 1. The summed E-state index contributed by atoms with van der Waals surface area (Å²) in [7, 11) is 0. The number of anilines is 1. The van der Waals surface area contributed by atoms with Gasteiger partial charge in [0, 0.05) is 30.6 Å². The van der Waals surface area contributed by atoms with Crippen LogP contribution in [0.4, 0.5) is 5.69 Å². The van der Waals surface area contributed by atoms with Gasteiger partial charge in [0.25, 0.3) is 5.91 Å². The molecule has 0 saturated heterocycles. The summed E-state index contributed by atoms with van der Waals surface area (Å²) in [5.74, 6) is -0.0265. The van der Waals surface area contributed by atoms with E-state index in [9.17, 15) is 4.79 Å². The summed E-state index contributed by atoms with van der Waals surface area (Å²) in [6, 6.07) is 13.7. The number of nitrogens with zero attached hydrogens (tertiary/aromatic N) is 4. The lowest BCUT2D eigenvalue weighted by molar-refractivity contribution is -0.114. The normalized spacial score (nSPS) is 13.8. The maximum atomic E-state index is 12.6. The molecule has 5 heteroatoms. The molecule has 4 rings (SSSR count). The van der Waals surface area contributed by atoms with E-state index < -0.39 is 0 Å². The standard InChI is InChI=1S/C20H18N4O/c25-20(23-13-5-8-18-19(23)9-4-12-21-18)11-10-16-14-22-24(15-16)17-6-2-1-3-7-17/h1-4,6-7,9-12,14-15H,5,8,13H2/b11-10+. The maximum Gasteiger partial charge on any atom is 0.251 e. The number of para-hydroxylation sites is 1. The highest BCUT2D eigenvalue weighted by atomic mass is 16.2. The lowest BCUT2D eigenvalue weighted by Gasteiger charge is -2.27. The second-order valence-corrected chi connectivity index (χ2v) is 5.95. The van der Waals surface area contributed by atoms with Gasteiger partial charge in [0.1, 0.15) is 0 Å². The largest absolute Gasteiger partial charge is 0.307 e. The zero-order chi connectivity index (χ0) is 17.1. The number of amides is 1. The predicted molar refractivity (Wildman–Crippen MR) is 97.5 cm³/mol. The third-order valence-corrected chi connectivity index (χ3v) is 4.26. The van der Waals surface area contributed by atoms with Gasteiger partial charge in [-0.2, -0.15) is 5.10 Å². The molecule has 0 fully saturated rings. The zero-order valence-electron chi connectivity index (χ0n) is 13.7. The van der Waals surface area contributed by atoms with Crippen molar-refractivity contribution in [2.24, 2.45) is 0 Å². The Morgan fingerprint density at radius 3 is 2.88 bits per heavy atom. The molecule has 1 aliphatic heterocycles. The summed E-state index contributed by atoms with van der Waals surface area (Å²) in [6.45, 7) is 0.727. The van der Waals surface area contributed by atoms with Gasteiger partial charge in [-0.15, -0.1) is 0 Å². The van der Waals surface area contributed by atoms with E-state index >= 15 is 0 Å². The molecular weight excluding hydrogens is 312 g/mol. The van der Waals surface area contributed by atoms with Crippen LogP contribution in [0.5, 0.6) is 0 Å². The molecule has 0 spiro atoms. The number of aryl methyl sites for hydroxylation is 1.